The van der Waals surface area contributed by atoms with Gasteiger partial charge in [0.1, 0.15) is 0 Å². The summed E-state index contributed by atoms with van der Waals surface area (Å²) in [5.74, 6) is -1.45. The van der Waals surface area contributed by atoms with E-state index in [9.17, 15) is 23.1 Å². The highest BCUT2D eigenvalue weighted by Gasteiger charge is 2.27. The van der Waals surface area contributed by atoms with Crippen LogP contribution in [0.5, 0.6) is 0 Å². The second kappa shape index (κ2) is 8.48. The van der Waals surface area contributed by atoms with Crippen LogP contribution in [0.3, 0.4) is 0 Å². The van der Waals surface area contributed by atoms with Crippen molar-refractivity contribution >= 4 is 33.2 Å². The van der Waals surface area contributed by atoms with Crippen molar-refractivity contribution in [2.75, 3.05) is 5.32 Å². The molecular weight excluding hydrogens is 440 g/mol. The number of benzene rings is 3. The first kappa shape index (κ1) is 22.2. The van der Waals surface area contributed by atoms with Gasteiger partial charge in [-0.1, -0.05) is 42.5 Å². The molecular formula is C25H20N2O5S. The Hall–Kier alpha value is -4.04. The predicted octanol–water partition coefficient (Wildman–Crippen LogP) is 4.37. The van der Waals surface area contributed by atoms with E-state index in [0.717, 1.165) is 5.56 Å². The normalized spacial score (nSPS) is 14.5. The molecule has 33 heavy (non-hydrogen) atoms. The summed E-state index contributed by atoms with van der Waals surface area (Å²) in [7, 11) is -4.06. The maximum Gasteiger partial charge on any atom is 0.335 e. The van der Waals surface area contributed by atoms with Crippen molar-refractivity contribution < 1.29 is 23.1 Å². The number of aryl methyl sites for hydroxylation is 2. The van der Waals surface area contributed by atoms with Crippen molar-refractivity contribution in [2.24, 2.45) is 4.40 Å². The predicted molar refractivity (Wildman–Crippen MR) is 126 cm³/mol. The number of fused-ring (bicyclic) bond motifs is 1. The van der Waals surface area contributed by atoms with Gasteiger partial charge in [0.2, 0.25) is 5.78 Å². The number of Topliss-reactive ketones (excluding diaryl/α,β-unsaturated/α-hetero) is 1. The summed E-state index contributed by atoms with van der Waals surface area (Å²) in [6.45, 7) is 3.50. The highest BCUT2D eigenvalue weighted by atomic mass is 32.2. The van der Waals surface area contributed by atoms with Crippen molar-refractivity contribution in [3.8, 4) is 0 Å². The second-order valence-electron chi connectivity index (χ2n) is 7.66. The Morgan fingerprint density at radius 2 is 1.67 bits per heavy atom. The Kier molecular flexibility index (Phi) is 5.69. The van der Waals surface area contributed by atoms with Crippen molar-refractivity contribution in [1.29, 1.82) is 0 Å². The number of carboxylic acids is 1. The van der Waals surface area contributed by atoms with Gasteiger partial charge in [0.25, 0.3) is 10.0 Å². The number of carbonyl (C=O) groups excluding carboxylic acids is 1. The topological polar surface area (TPSA) is 113 Å². The smallest absolute Gasteiger partial charge is 0.335 e. The molecule has 8 heteroatoms. The molecule has 0 heterocycles. The minimum absolute atomic E-state index is 0.0515. The van der Waals surface area contributed by atoms with Crippen LogP contribution < -0.4 is 5.32 Å². The molecule has 7 nitrogen and oxygen atoms in total. The number of nitrogens with one attached hydrogen (secondary N) is 1. The van der Waals surface area contributed by atoms with Crippen LogP contribution in [0.1, 0.15) is 37.4 Å². The molecule has 3 aromatic rings. The molecule has 0 bridgehead atoms. The zero-order chi connectivity index (χ0) is 23.8. The van der Waals surface area contributed by atoms with Gasteiger partial charge in [0.05, 0.1) is 21.9 Å². The average molecular weight is 461 g/mol. The van der Waals surface area contributed by atoms with Crippen LogP contribution in [0.15, 0.2) is 87.8 Å². The number of rotatable bonds is 5. The van der Waals surface area contributed by atoms with Crippen LogP contribution in [0, 0.1) is 13.8 Å². The first-order valence-corrected chi connectivity index (χ1v) is 11.5. The summed E-state index contributed by atoms with van der Waals surface area (Å²) in [5, 5.41) is 12.1. The minimum atomic E-state index is -4.06. The number of sulfonamides is 1. The fourth-order valence-corrected chi connectivity index (χ4v) is 4.87. The summed E-state index contributed by atoms with van der Waals surface area (Å²) < 4.78 is 30.4. The van der Waals surface area contributed by atoms with Crippen molar-refractivity contribution in [2.45, 2.75) is 18.7 Å². The van der Waals surface area contributed by atoms with E-state index in [1.165, 1.54) is 18.2 Å². The molecule has 1 aliphatic rings. The number of nitrogens with zero attached hydrogens (tertiary/aromatic N) is 1. The maximum atomic E-state index is 13.2. The monoisotopic (exact) mass is 460 g/mol. The quantitative estimate of drug-likeness (QED) is 0.585. The van der Waals surface area contributed by atoms with Crippen molar-refractivity contribution in [3.05, 3.63) is 106 Å². The van der Waals surface area contributed by atoms with Crippen molar-refractivity contribution in [1.82, 2.24) is 0 Å². The first-order valence-electron chi connectivity index (χ1n) is 10.0. The summed E-state index contributed by atoms with van der Waals surface area (Å²) in [5.41, 5.74) is 2.69. The fraction of sp³-hybridized carbons (Fsp3) is 0.0800. The van der Waals surface area contributed by atoms with Gasteiger partial charge in [-0.3, -0.25) is 4.79 Å². The third kappa shape index (κ3) is 4.47. The third-order valence-electron chi connectivity index (χ3n) is 5.20. The van der Waals surface area contributed by atoms with Gasteiger partial charge < -0.3 is 10.4 Å². The van der Waals surface area contributed by atoms with E-state index in [1.807, 2.05) is 6.07 Å². The number of anilines is 1. The third-order valence-corrected chi connectivity index (χ3v) is 6.63. The van der Waals surface area contributed by atoms with Gasteiger partial charge in [0, 0.05) is 16.8 Å². The standard InChI is InChI=1S/C25H20N2O5S/c1-15-10-11-16(2)23(12-15)33(31,32)27-21-14-22(24(28)20-9-4-3-8-19(20)21)26-18-7-5-6-17(13-18)25(29)30/h3-14,26H,1-2H3,(H,29,30)/b27-21+. The van der Waals surface area contributed by atoms with Crippen molar-refractivity contribution in [3.63, 3.8) is 0 Å². The molecule has 3 aromatic carbocycles. The lowest BCUT2D eigenvalue weighted by molar-refractivity contribution is 0.0696. The zero-order valence-corrected chi connectivity index (χ0v) is 18.7. The van der Waals surface area contributed by atoms with E-state index < -0.39 is 16.0 Å². The lowest BCUT2D eigenvalue weighted by atomic mass is 9.92. The van der Waals surface area contributed by atoms with E-state index in [2.05, 4.69) is 9.71 Å². The first-order chi connectivity index (χ1) is 15.7. The molecule has 0 unspecified atom stereocenters. The van der Waals surface area contributed by atoms with Gasteiger partial charge in [-0.15, -0.1) is 0 Å². The number of carbonyl (C=O) groups is 2. The molecule has 0 saturated heterocycles. The van der Waals surface area contributed by atoms with Gasteiger partial charge in [0.15, 0.2) is 0 Å². The number of hydrogen-bond donors (Lipinski definition) is 2. The number of hydrogen-bond acceptors (Lipinski definition) is 5. The molecule has 0 fully saturated rings. The average Bonchev–Trinajstić information content (AvgIpc) is 2.78. The minimum Gasteiger partial charge on any atom is -0.478 e. The Morgan fingerprint density at radius 1 is 0.939 bits per heavy atom. The molecule has 1 aliphatic carbocycles. The molecule has 166 valence electrons. The van der Waals surface area contributed by atoms with Crippen LogP contribution >= 0.6 is 0 Å². The summed E-state index contributed by atoms with van der Waals surface area (Å²) in [4.78, 5) is 24.4. The molecule has 4 rings (SSSR count). The second-order valence-corrected chi connectivity index (χ2v) is 9.24. The number of carboxylic acid groups (broad SMARTS) is 1. The number of aromatic carboxylic acids is 1. The van der Waals surface area contributed by atoms with E-state index in [-0.39, 0.29) is 27.7 Å². The lowest BCUT2D eigenvalue weighted by Crippen LogP contribution is -2.22. The summed E-state index contributed by atoms with van der Waals surface area (Å²) in [6.07, 6.45) is 1.38. The Balaban J connectivity index is 1.83. The molecule has 0 saturated carbocycles. The highest BCUT2D eigenvalue weighted by molar-refractivity contribution is 7.90. The van der Waals surface area contributed by atoms with Crippen LogP contribution in [0.4, 0.5) is 5.69 Å². The van der Waals surface area contributed by atoms with Crippen LogP contribution in [-0.2, 0) is 10.0 Å². The molecule has 0 atom stereocenters. The SMILES string of the molecule is Cc1ccc(C)c(S(=O)(=O)/N=C2\C=C(Nc3cccc(C(=O)O)c3)C(=O)c3ccccc32)c1. The van der Waals surface area contributed by atoms with Crippen LogP contribution in [-0.4, -0.2) is 31.0 Å². The van der Waals surface area contributed by atoms with E-state index >= 15 is 0 Å². The zero-order valence-electron chi connectivity index (χ0n) is 17.9. The van der Waals surface area contributed by atoms with Gasteiger partial charge in [-0.2, -0.15) is 12.8 Å². The van der Waals surface area contributed by atoms with E-state index in [4.69, 9.17) is 0 Å². The van der Waals surface area contributed by atoms with E-state index in [0.29, 0.717) is 22.4 Å². The largest absolute Gasteiger partial charge is 0.478 e. The molecule has 0 aliphatic heterocycles. The summed E-state index contributed by atoms with van der Waals surface area (Å²) >= 11 is 0. The van der Waals surface area contributed by atoms with Gasteiger partial charge in [-0.25, -0.2) is 4.79 Å². The Bertz CT molecular complexity index is 1470. The van der Waals surface area contributed by atoms with Gasteiger partial charge >= 0.3 is 5.97 Å². The van der Waals surface area contributed by atoms with Crippen LogP contribution in [0.2, 0.25) is 0 Å². The highest BCUT2D eigenvalue weighted by Crippen LogP contribution is 2.26. The molecule has 0 amide bonds. The molecule has 2 N–H and O–H groups in total. The number of ketones is 1. The van der Waals surface area contributed by atoms with Crippen LogP contribution in [0.25, 0.3) is 0 Å². The molecule has 0 spiro atoms. The Morgan fingerprint density at radius 3 is 2.39 bits per heavy atom. The van der Waals surface area contributed by atoms with E-state index in [1.54, 1.807) is 62.4 Å². The number of allylic oxidation sites excluding steroid dienone is 2. The molecule has 0 radical (unpaired) electrons. The lowest BCUT2D eigenvalue weighted by Gasteiger charge is -2.19. The fourth-order valence-electron chi connectivity index (χ4n) is 3.55. The summed E-state index contributed by atoms with van der Waals surface area (Å²) in [6, 6.07) is 17.7. The maximum absolute atomic E-state index is 13.2. The Labute approximate surface area is 191 Å². The van der Waals surface area contributed by atoms with Gasteiger partial charge in [-0.05, 0) is 55.3 Å². The molecule has 0 aromatic heterocycles.